The van der Waals surface area contributed by atoms with E-state index in [0.717, 1.165) is 23.5 Å². The summed E-state index contributed by atoms with van der Waals surface area (Å²) in [5.74, 6) is 0.665. The summed E-state index contributed by atoms with van der Waals surface area (Å²) in [4.78, 5) is 0. The molecule has 0 aliphatic rings. The van der Waals surface area contributed by atoms with Crippen LogP contribution in [0.15, 0.2) is 21.2 Å². The number of aliphatic hydroxyl groups is 2. The third kappa shape index (κ3) is 5.34. The topological polar surface area (TPSA) is 140 Å². The van der Waals surface area contributed by atoms with Gasteiger partial charge in [0.2, 0.25) is 0 Å². The van der Waals surface area contributed by atoms with E-state index in [1.54, 1.807) is 0 Å². The summed E-state index contributed by atoms with van der Waals surface area (Å²) in [6.07, 6.45) is 0. The Morgan fingerprint density at radius 2 is 1.22 bits per heavy atom. The molecule has 18 heavy (non-hydrogen) atoms. The molecule has 0 aliphatic heterocycles. The summed E-state index contributed by atoms with van der Waals surface area (Å²) in [5.41, 5.74) is 11.3. The van der Waals surface area contributed by atoms with E-state index in [4.69, 9.17) is 32.2 Å². The van der Waals surface area contributed by atoms with Crippen molar-refractivity contribution in [2.75, 3.05) is 24.7 Å². The summed E-state index contributed by atoms with van der Waals surface area (Å²) < 4.78 is 0. The van der Waals surface area contributed by atoms with Crippen LogP contribution in [0.25, 0.3) is 0 Å². The number of aliphatic hydroxyl groups excluding tert-OH is 2. The molecule has 0 bridgehead atoms. The average molecular weight is 286 g/mol. The van der Waals surface area contributed by atoms with Crippen molar-refractivity contribution < 1.29 is 10.2 Å². The molecule has 98 valence electrons. The Morgan fingerprint density at radius 3 is 1.44 bits per heavy atom. The number of allylic oxidation sites excluding steroid dienone is 2. The second-order valence-electron chi connectivity index (χ2n) is 2.85. The minimum Gasteiger partial charge on any atom is -0.396 e. The number of nitrogens with two attached hydrogens (primary N) is 2. The van der Waals surface area contributed by atoms with Gasteiger partial charge in [-0.05, 0) is 0 Å². The average Bonchev–Trinajstić information content (AvgIpc) is 2.39. The van der Waals surface area contributed by atoms with Crippen molar-refractivity contribution in [2.24, 2.45) is 11.5 Å². The number of rotatable bonds is 7. The van der Waals surface area contributed by atoms with E-state index >= 15 is 0 Å². The zero-order chi connectivity index (χ0) is 14.0. The molecule has 0 rings (SSSR count). The Bertz CT molecular complexity index is 381. The highest BCUT2D eigenvalue weighted by Crippen LogP contribution is 2.24. The summed E-state index contributed by atoms with van der Waals surface area (Å²) >= 11 is 2.16. The van der Waals surface area contributed by atoms with Crippen LogP contribution in [-0.2, 0) is 0 Å². The normalized spacial score (nSPS) is 13.1. The quantitative estimate of drug-likeness (QED) is 0.373. The van der Waals surface area contributed by atoms with Gasteiger partial charge in [-0.15, -0.1) is 23.5 Å². The van der Waals surface area contributed by atoms with Crippen LogP contribution in [0, 0.1) is 22.7 Å². The second kappa shape index (κ2) is 9.68. The minimum atomic E-state index is -0.0789. The predicted molar refractivity (Wildman–Crippen MR) is 72.7 cm³/mol. The maximum absolute atomic E-state index is 9.01. The second-order valence-corrected chi connectivity index (χ2v) is 5.12. The first-order chi connectivity index (χ1) is 8.62. The molecule has 6 nitrogen and oxygen atoms in total. The number of thioether (sulfide) groups is 2. The van der Waals surface area contributed by atoms with E-state index in [1.165, 1.54) is 0 Å². The molecule has 0 spiro atoms. The van der Waals surface area contributed by atoms with Gasteiger partial charge in [-0.3, -0.25) is 0 Å². The molecule has 0 saturated heterocycles. The van der Waals surface area contributed by atoms with E-state index < -0.39 is 0 Å². The molecular formula is C10H14N4O2S2. The van der Waals surface area contributed by atoms with Crippen LogP contribution < -0.4 is 11.5 Å². The highest BCUT2D eigenvalue weighted by atomic mass is 32.2. The van der Waals surface area contributed by atoms with Crippen LogP contribution in [0.3, 0.4) is 0 Å². The molecule has 8 heteroatoms. The Kier molecular flexibility index (Phi) is 8.97. The maximum atomic E-state index is 9.01. The van der Waals surface area contributed by atoms with Gasteiger partial charge >= 0.3 is 0 Å². The predicted octanol–water partition coefficient (Wildman–Crippen LogP) is -0.175. The highest BCUT2D eigenvalue weighted by molar-refractivity contribution is 8.03. The van der Waals surface area contributed by atoms with Crippen LogP contribution in [-0.4, -0.2) is 34.9 Å². The Morgan fingerprint density at radius 1 is 0.889 bits per heavy atom. The Hall–Kier alpha value is -1.32. The first-order valence-corrected chi connectivity index (χ1v) is 6.86. The molecule has 0 heterocycles. The monoisotopic (exact) mass is 286 g/mol. The molecule has 0 aromatic carbocycles. The number of hydrogen-bond donors (Lipinski definition) is 4. The van der Waals surface area contributed by atoms with Crippen molar-refractivity contribution in [2.45, 2.75) is 0 Å². The zero-order valence-electron chi connectivity index (χ0n) is 9.59. The van der Waals surface area contributed by atoms with Crippen molar-refractivity contribution >= 4 is 23.5 Å². The van der Waals surface area contributed by atoms with E-state index in [9.17, 15) is 0 Å². The van der Waals surface area contributed by atoms with Gasteiger partial charge in [0, 0.05) is 11.5 Å². The molecule has 0 unspecified atom stereocenters. The molecule has 0 saturated carbocycles. The molecule has 0 amide bonds. The van der Waals surface area contributed by atoms with Gasteiger partial charge in [0.15, 0.2) is 0 Å². The van der Waals surface area contributed by atoms with Gasteiger partial charge in [-0.2, -0.15) is 10.5 Å². The van der Waals surface area contributed by atoms with E-state index in [1.807, 2.05) is 12.1 Å². The van der Waals surface area contributed by atoms with E-state index in [-0.39, 0.29) is 34.4 Å². The third-order valence-corrected chi connectivity index (χ3v) is 3.47. The summed E-state index contributed by atoms with van der Waals surface area (Å²) in [6, 6.07) is 3.67. The summed E-state index contributed by atoms with van der Waals surface area (Å²) in [7, 11) is 0. The van der Waals surface area contributed by atoms with Crippen LogP contribution in [0.4, 0.5) is 0 Å². The van der Waals surface area contributed by atoms with Gasteiger partial charge in [-0.25, -0.2) is 0 Å². The van der Waals surface area contributed by atoms with E-state index in [0.29, 0.717) is 11.5 Å². The third-order valence-electron chi connectivity index (χ3n) is 1.66. The maximum Gasteiger partial charge on any atom is 0.103 e. The van der Waals surface area contributed by atoms with Gasteiger partial charge in [0.25, 0.3) is 0 Å². The molecule has 0 aromatic heterocycles. The van der Waals surface area contributed by atoms with Crippen molar-refractivity contribution in [3.05, 3.63) is 21.2 Å². The number of nitrogens with zero attached hydrogens (tertiary/aromatic N) is 2. The van der Waals surface area contributed by atoms with Crippen molar-refractivity contribution in [3.8, 4) is 12.1 Å². The lowest BCUT2D eigenvalue weighted by Gasteiger charge is -2.06. The molecule has 0 radical (unpaired) electrons. The van der Waals surface area contributed by atoms with E-state index in [2.05, 4.69) is 0 Å². The first-order valence-electron chi connectivity index (χ1n) is 4.89. The Balaban J connectivity index is 5.24. The van der Waals surface area contributed by atoms with Gasteiger partial charge in [0.1, 0.15) is 23.3 Å². The fraction of sp³-hybridized carbons (Fsp3) is 0.400. The van der Waals surface area contributed by atoms with Gasteiger partial charge in [-0.1, -0.05) is 0 Å². The van der Waals surface area contributed by atoms with Crippen LogP contribution >= 0.6 is 23.5 Å². The lowest BCUT2D eigenvalue weighted by Crippen LogP contribution is -2.07. The van der Waals surface area contributed by atoms with Crippen LogP contribution in [0.5, 0.6) is 0 Å². The number of nitriles is 2. The molecule has 6 N–H and O–H groups in total. The SMILES string of the molecule is N#CC(=C(/N)SCCO)/C(C#N)=C(\N)SCCO. The standard InChI is InChI=1S/C10H14N4O2S2/c11-5-7(9(13)17-3-1-15)8(6-12)10(14)18-4-2-16/h15-16H,1-4,13-14H2/b9-7+,10-8+. The minimum absolute atomic E-state index is 0.00103. The fourth-order valence-corrected chi connectivity index (χ4v) is 2.13. The van der Waals surface area contributed by atoms with Gasteiger partial charge in [0.05, 0.1) is 23.3 Å². The van der Waals surface area contributed by atoms with Crippen LogP contribution in [0.2, 0.25) is 0 Å². The summed E-state index contributed by atoms with van der Waals surface area (Å²) in [5, 5.41) is 35.7. The summed E-state index contributed by atoms with van der Waals surface area (Å²) in [6.45, 7) is -0.158. The lowest BCUT2D eigenvalue weighted by molar-refractivity contribution is 0.322. The number of hydrogen-bond acceptors (Lipinski definition) is 8. The van der Waals surface area contributed by atoms with Crippen LogP contribution in [0.1, 0.15) is 0 Å². The molecular weight excluding hydrogens is 272 g/mol. The lowest BCUT2D eigenvalue weighted by atomic mass is 10.1. The van der Waals surface area contributed by atoms with Crippen molar-refractivity contribution in [1.82, 2.24) is 0 Å². The van der Waals surface area contributed by atoms with Crippen molar-refractivity contribution in [3.63, 3.8) is 0 Å². The zero-order valence-corrected chi connectivity index (χ0v) is 11.2. The first kappa shape index (κ1) is 16.7. The highest BCUT2D eigenvalue weighted by Gasteiger charge is 2.14. The Labute approximate surface area is 114 Å². The fourth-order valence-electron chi connectivity index (χ4n) is 0.924. The largest absolute Gasteiger partial charge is 0.396 e. The molecule has 0 aromatic rings. The van der Waals surface area contributed by atoms with Gasteiger partial charge < -0.3 is 21.7 Å². The van der Waals surface area contributed by atoms with Crippen molar-refractivity contribution in [1.29, 1.82) is 10.5 Å². The molecule has 0 atom stereocenters. The molecule has 0 aliphatic carbocycles. The molecule has 0 fully saturated rings. The smallest absolute Gasteiger partial charge is 0.103 e.